The van der Waals surface area contributed by atoms with Crippen LogP contribution in [0.1, 0.15) is 17.3 Å². The Labute approximate surface area is 113 Å². The maximum atomic E-state index is 12.5. The van der Waals surface area contributed by atoms with Crippen molar-refractivity contribution in [1.82, 2.24) is 4.98 Å². The topological polar surface area (TPSA) is 45.2 Å². The van der Waals surface area contributed by atoms with E-state index in [-0.39, 0.29) is 5.91 Å². The molecule has 0 saturated carbocycles. The summed E-state index contributed by atoms with van der Waals surface area (Å²) in [6, 6.07) is 13.1. The molecule has 1 heterocycles. The number of benzene rings is 1. The van der Waals surface area contributed by atoms with Crippen LogP contribution in [-0.2, 0) is 0 Å². The highest BCUT2D eigenvalue weighted by Crippen LogP contribution is 2.18. The Morgan fingerprint density at radius 2 is 1.95 bits per heavy atom. The molecule has 0 bridgehead atoms. The standard InChI is InChI=1S/C15H17N3O/c1-3-16-14-13(10-7-11-17-14)15(19)18(2)12-8-5-4-6-9-12/h4-11H,3H2,1-2H3,(H,16,17). The molecular formula is C15H17N3O. The summed E-state index contributed by atoms with van der Waals surface area (Å²) in [6.45, 7) is 2.70. The predicted octanol–water partition coefficient (Wildman–Crippen LogP) is 2.79. The van der Waals surface area contributed by atoms with Crippen LogP contribution in [0, 0.1) is 0 Å². The first kappa shape index (κ1) is 13.1. The molecule has 4 nitrogen and oxygen atoms in total. The molecule has 2 aromatic rings. The van der Waals surface area contributed by atoms with Crippen molar-refractivity contribution in [3.8, 4) is 0 Å². The molecule has 98 valence electrons. The molecule has 0 aliphatic carbocycles. The third-order valence-electron chi connectivity index (χ3n) is 2.83. The van der Waals surface area contributed by atoms with E-state index >= 15 is 0 Å². The van der Waals surface area contributed by atoms with Crippen molar-refractivity contribution in [2.24, 2.45) is 0 Å². The van der Waals surface area contributed by atoms with Gasteiger partial charge in [-0.15, -0.1) is 0 Å². The normalized spacial score (nSPS) is 10.0. The highest BCUT2D eigenvalue weighted by atomic mass is 16.2. The fourth-order valence-electron chi connectivity index (χ4n) is 1.84. The molecule has 0 aliphatic rings. The van der Waals surface area contributed by atoms with Crippen molar-refractivity contribution < 1.29 is 4.79 Å². The summed E-state index contributed by atoms with van der Waals surface area (Å²) in [5.74, 6) is 0.549. The van der Waals surface area contributed by atoms with Crippen molar-refractivity contribution in [2.45, 2.75) is 6.92 Å². The Bertz CT molecular complexity index is 554. The Hall–Kier alpha value is -2.36. The molecule has 2 rings (SSSR count). The summed E-state index contributed by atoms with van der Waals surface area (Å²) in [6.07, 6.45) is 1.68. The zero-order valence-electron chi connectivity index (χ0n) is 11.1. The molecule has 0 fully saturated rings. The molecule has 19 heavy (non-hydrogen) atoms. The van der Waals surface area contributed by atoms with E-state index in [1.54, 1.807) is 30.3 Å². The van der Waals surface area contributed by atoms with E-state index in [1.807, 2.05) is 37.3 Å². The molecule has 0 radical (unpaired) electrons. The fraction of sp³-hybridized carbons (Fsp3) is 0.200. The second kappa shape index (κ2) is 6.00. The van der Waals surface area contributed by atoms with Crippen LogP contribution < -0.4 is 10.2 Å². The van der Waals surface area contributed by atoms with Gasteiger partial charge in [0.25, 0.3) is 5.91 Å². The summed E-state index contributed by atoms with van der Waals surface area (Å²) in [5, 5.41) is 3.10. The minimum absolute atomic E-state index is 0.0738. The monoisotopic (exact) mass is 255 g/mol. The predicted molar refractivity (Wildman–Crippen MR) is 77.6 cm³/mol. The third-order valence-corrected chi connectivity index (χ3v) is 2.83. The van der Waals surface area contributed by atoms with E-state index in [9.17, 15) is 4.79 Å². The van der Waals surface area contributed by atoms with Gasteiger partial charge in [0, 0.05) is 25.5 Å². The molecule has 0 unspecified atom stereocenters. The zero-order chi connectivity index (χ0) is 13.7. The van der Waals surface area contributed by atoms with E-state index in [1.165, 1.54) is 0 Å². The Kier molecular flexibility index (Phi) is 4.13. The molecule has 0 aliphatic heterocycles. The zero-order valence-corrected chi connectivity index (χ0v) is 11.1. The lowest BCUT2D eigenvalue weighted by Gasteiger charge is -2.18. The summed E-state index contributed by atoms with van der Waals surface area (Å²) in [5.41, 5.74) is 1.44. The first-order chi connectivity index (χ1) is 9.24. The van der Waals surface area contributed by atoms with E-state index < -0.39 is 0 Å². The quantitative estimate of drug-likeness (QED) is 0.913. The van der Waals surface area contributed by atoms with E-state index in [2.05, 4.69) is 10.3 Å². The lowest BCUT2D eigenvalue weighted by atomic mass is 10.2. The fourth-order valence-corrected chi connectivity index (χ4v) is 1.84. The van der Waals surface area contributed by atoms with Crippen LogP contribution in [0.5, 0.6) is 0 Å². The smallest absolute Gasteiger partial charge is 0.261 e. The van der Waals surface area contributed by atoms with Gasteiger partial charge in [-0.05, 0) is 31.2 Å². The van der Waals surface area contributed by atoms with Crippen molar-refractivity contribution in [3.63, 3.8) is 0 Å². The number of para-hydroxylation sites is 1. The van der Waals surface area contributed by atoms with Crippen molar-refractivity contribution >= 4 is 17.4 Å². The Balaban J connectivity index is 2.29. The number of pyridine rings is 1. The van der Waals surface area contributed by atoms with Crippen molar-refractivity contribution in [2.75, 3.05) is 23.8 Å². The maximum Gasteiger partial charge on any atom is 0.261 e. The van der Waals surface area contributed by atoms with Gasteiger partial charge in [0.2, 0.25) is 0 Å². The average Bonchev–Trinajstić information content (AvgIpc) is 2.47. The Morgan fingerprint density at radius 3 is 2.63 bits per heavy atom. The highest BCUT2D eigenvalue weighted by molar-refractivity contribution is 6.08. The molecule has 1 amide bonds. The largest absolute Gasteiger partial charge is 0.370 e. The number of rotatable bonds is 4. The number of hydrogen-bond acceptors (Lipinski definition) is 3. The summed E-state index contributed by atoms with van der Waals surface area (Å²) in [4.78, 5) is 18.3. The SMILES string of the molecule is CCNc1ncccc1C(=O)N(C)c1ccccc1. The first-order valence-corrected chi connectivity index (χ1v) is 6.26. The van der Waals surface area contributed by atoms with Crippen LogP contribution in [0.15, 0.2) is 48.7 Å². The number of carbonyl (C=O) groups excluding carboxylic acids is 1. The van der Waals surface area contributed by atoms with Crippen LogP contribution in [0.4, 0.5) is 11.5 Å². The number of carbonyl (C=O) groups is 1. The van der Waals surface area contributed by atoms with Gasteiger partial charge in [0.05, 0.1) is 5.56 Å². The number of amides is 1. The molecule has 1 N–H and O–H groups in total. The second-order valence-corrected chi connectivity index (χ2v) is 4.13. The number of hydrogen-bond donors (Lipinski definition) is 1. The van der Waals surface area contributed by atoms with Gasteiger partial charge in [0.15, 0.2) is 0 Å². The summed E-state index contributed by atoms with van der Waals surface area (Å²) in [7, 11) is 1.76. The van der Waals surface area contributed by atoms with Crippen molar-refractivity contribution in [1.29, 1.82) is 0 Å². The molecule has 0 saturated heterocycles. The molecule has 0 atom stereocenters. The lowest BCUT2D eigenvalue weighted by Crippen LogP contribution is -2.27. The number of aromatic nitrogens is 1. The second-order valence-electron chi connectivity index (χ2n) is 4.13. The molecule has 0 spiro atoms. The molecular weight excluding hydrogens is 238 g/mol. The Morgan fingerprint density at radius 1 is 1.21 bits per heavy atom. The van der Waals surface area contributed by atoms with Crippen LogP contribution in [-0.4, -0.2) is 24.5 Å². The van der Waals surface area contributed by atoms with Gasteiger partial charge in [-0.25, -0.2) is 4.98 Å². The number of nitrogens with one attached hydrogen (secondary N) is 1. The lowest BCUT2D eigenvalue weighted by molar-refractivity contribution is 0.0993. The van der Waals surface area contributed by atoms with Gasteiger partial charge < -0.3 is 10.2 Å². The van der Waals surface area contributed by atoms with Crippen LogP contribution in [0.3, 0.4) is 0 Å². The number of anilines is 2. The van der Waals surface area contributed by atoms with Crippen LogP contribution >= 0.6 is 0 Å². The molecule has 4 heteroatoms. The van der Waals surface area contributed by atoms with Gasteiger partial charge in [-0.3, -0.25) is 4.79 Å². The van der Waals surface area contributed by atoms with Crippen LogP contribution in [0.2, 0.25) is 0 Å². The first-order valence-electron chi connectivity index (χ1n) is 6.26. The molecule has 1 aromatic carbocycles. The third kappa shape index (κ3) is 2.91. The highest BCUT2D eigenvalue weighted by Gasteiger charge is 2.17. The minimum atomic E-state index is -0.0738. The van der Waals surface area contributed by atoms with E-state index in [4.69, 9.17) is 0 Å². The van der Waals surface area contributed by atoms with Crippen molar-refractivity contribution in [3.05, 3.63) is 54.2 Å². The summed E-state index contributed by atoms with van der Waals surface area (Å²) < 4.78 is 0. The number of nitrogens with zero attached hydrogens (tertiary/aromatic N) is 2. The maximum absolute atomic E-state index is 12.5. The van der Waals surface area contributed by atoms with Gasteiger partial charge in [-0.1, -0.05) is 18.2 Å². The average molecular weight is 255 g/mol. The van der Waals surface area contributed by atoms with Gasteiger partial charge in [0.1, 0.15) is 5.82 Å². The molecule has 1 aromatic heterocycles. The minimum Gasteiger partial charge on any atom is -0.370 e. The summed E-state index contributed by atoms with van der Waals surface area (Å²) >= 11 is 0. The van der Waals surface area contributed by atoms with E-state index in [0.29, 0.717) is 11.4 Å². The van der Waals surface area contributed by atoms with E-state index in [0.717, 1.165) is 12.2 Å². The van der Waals surface area contributed by atoms with Gasteiger partial charge in [-0.2, -0.15) is 0 Å². The van der Waals surface area contributed by atoms with Gasteiger partial charge >= 0.3 is 0 Å². The van der Waals surface area contributed by atoms with Crippen LogP contribution in [0.25, 0.3) is 0 Å².